The van der Waals surface area contributed by atoms with Crippen LogP contribution < -0.4 is 5.32 Å². The number of thioether (sulfide) groups is 1. The summed E-state index contributed by atoms with van der Waals surface area (Å²) in [5, 5.41) is 5.45. The van der Waals surface area contributed by atoms with Crippen molar-refractivity contribution in [1.82, 2.24) is 0 Å². The minimum Gasteiger partial charge on any atom is -0.350 e. The quantitative estimate of drug-likeness (QED) is 0.660. The molecule has 0 saturated carbocycles. The Morgan fingerprint density at radius 2 is 1.54 bits per heavy atom. The third kappa shape index (κ3) is 3.39. The lowest BCUT2D eigenvalue weighted by molar-refractivity contribution is 0.590. The second-order valence-electron chi connectivity index (χ2n) is 7.94. The molecule has 4 rings (SSSR count). The van der Waals surface area contributed by atoms with E-state index in [1.54, 1.807) is 0 Å². The van der Waals surface area contributed by atoms with Crippen molar-refractivity contribution in [2.75, 3.05) is 5.32 Å². The molecule has 1 N–H and O–H groups in total. The molecule has 2 aliphatic rings. The van der Waals surface area contributed by atoms with E-state index in [4.69, 9.17) is 0 Å². The van der Waals surface area contributed by atoms with Gasteiger partial charge in [-0.2, -0.15) is 0 Å². The largest absolute Gasteiger partial charge is 0.350 e. The number of anilines is 1. The van der Waals surface area contributed by atoms with Crippen LogP contribution in [0.25, 0.3) is 5.57 Å². The maximum Gasteiger partial charge on any atom is 0.0776 e. The third-order valence-electron chi connectivity index (χ3n) is 5.01. The Labute approximate surface area is 160 Å². The number of rotatable bonds is 3. The SMILES string of the molecule is CC(C)(C)c1ccc(NC2=C(c3ccccc3)C3C=CC=CC3S2)cc1. The summed E-state index contributed by atoms with van der Waals surface area (Å²) in [5.74, 6) is 0.434. The molecular formula is C24H25NS. The molecule has 2 heteroatoms. The molecule has 1 aliphatic heterocycles. The van der Waals surface area contributed by atoms with E-state index in [9.17, 15) is 0 Å². The van der Waals surface area contributed by atoms with Gasteiger partial charge in [0.15, 0.2) is 0 Å². The Hall–Kier alpha value is -2.19. The molecule has 2 atom stereocenters. The van der Waals surface area contributed by atoms with Gasteiger partial charge in [-0.25, -0.2) is 0 Å². The highest BCUT2D eigenvalue weighted by atomic mass is 32.2. The van der Waals surface area contributed by atoms with Crippen LogP contribution in [0.1, 0.15) is 31.9 Å². The van der Waals surface area contributed by atoms with Gasteiger partial charge in [-0.05, 0) is 34.2 Å². The fourth-order valence-corrected chi connectivity index (χ4v) is 4.91. The van der Waals surface area contributed by atoms with Gasteiger partial charge in [-0.1, -0.05) is 99.3 Å². The first-order valence-electron chi connectivity index (χ1n) is 9.21. The lowest BCUT2D eigenvalue weighted by atomic mass is 9.87. The van der Waals surface area contributed by atoms with Crippen molar-refractivity contribution < 1.29 is 0 Å². The van der Waals surface area contributed by atoms with Gasteiger partial charge in [0.2, 0.25) is 0 Å². The highest BCUT2D eigenvalue weighted by molar-refractivity contribution is 8.04. The van der Waals surface area contributed by atoms with E-state index in [1.165, 1.54) is 21.7 Å². The van der Waals surface area contributed by atoms with E-state index in [0.29, 0.717) is 11.2 Å². The maximum atomic E-state index is 3.70. The van der Waals surface area contributed by atoms with Crippen LogP contribution in [0.2, 0.25) is 0 Å². The Morgan fingerprint density at radius 1 is 0.846 bits per heavy atom. The highest BCUT2D eigenvalue weighted by Crippen LogP contribution is 2.49. The van der Waals surface area contributed by atoms with E-state index in [0.717, 1.165) is 5.69 Å². The Kier molecular flexibility index (Phi) is 4.54. The molecule has 132 valence electrons. The van der Waals surface area contributed by atoms with Crippen LogP contribution in [0.15, 0.2) is 83.9 Å². The van der Waals surface area contributed by atoms with Crippen molar-refractivity contribution >= 4 is 23.0 Å². The standard InChI is InChI=1S/C24H25NS/c1-24(2,3)18-13-15-19(16-14-18)25-23-22(17-9-5-4-6-10-17)20-11-7-8-12-21(20)26-23/h4-16,20-21,25H,1-3H3. The van der Waals surface area contributed by atoms with Crippen molar-refractivity contribution in [3.05, 3.63) is 95.1 Å². The molecule has 2 aromatic rings. The molecule has 0 bridgehead atoms. The van der Waals surface area contributed by atoms with Gasteiger partial charge in [-0.15, -0.1) is 0 Å². The predicted molar refractivity (Wildman–Crippen MR) is 115 cm³/mol. The minimum absolute atomic E-state index is 0.180. The van der Waals surface area contributed by atoms with Gasteiger partial charge in [0, 0.05) is 16.9 Å². The van der Waals surface area contributed by atoms with Crippen molar-refractivity contribution in [2.24, 2.45) is 5.92 Å². The first-order chi connectivity index (χ1) is 12.5. The van der Waals surface area contributed by atoms with E-state index in [2.05, 4.69) is 105 Å². The number of fused-ring (bicyclic) bond motifs is 1. The molecule has 1 nitrogen and oxygen atoms in total. The van der Waals surface area contributed by atoms with Crippen LogP contribution in [0.5, 0.6) is 0 Å². The van der Waals surface area contributed by atoms with Gasteiger partial charge in [0.1, 0.15) is 0 Å². The van der Waals surface area contributed by atoms with Gasteiger partial charge < -0.3 is 5.32 Å². The fourth-order valence-electron chi connectivity index (χ4n) is 3.53. The Bertz CT molecular complexity index is 867. The zero-order valence-corrected chi connectivity index (χ0v) is 16.4. The molecular weight excluding hydrogens is 334 g/mol. The zero-order valence-electron chi connectivity index (χ0n) is 15.6. The van der Waals surface area contributed by atoms with Crippen LogP contribution in [0.3, 0.4) is 0 Å². The van der Waals surface area contributed by atoms with Gasteiger partial charge >= 0.3 is 0 Å². The second kappa shape index (κ2) is 6.85. The van der Waals surface area contributed by atoms with Gasteiger partial charge in [0.25, 0.3) is 0 Å². The number of hydrogen-bond acceptors (Lipinski definition) is 2. The first-order valence-corrected chi connectivity index (χ1v) is 10.1. The van der Waals surface area contributed by atoms with Crippen molar-refractivity contribution in [2.45, 2.75) is 31.4 Å². The molecule has 1 heterocycles. The Morgan fingerprint density at radius 3 is 2.23 bits per heavy atom. The maximum absolute atomic E-state index is 3.70. The molecule has 0 amide bonds. The molecule has 0 fully saturated rings. The summed E-state index contributed by atoms with van der Waals surface area (Å²) >= 11 is 1.93. The van der Waals surface area contributed by atoms with Crippen LogP contribution in [-0.2, 0) is 5.41 Å². The van der Waals surface area contributed by atoms with Crippen molar-refractivity contribution in [3.8, 4) is 0 Å². The molecule has 26 heavy (non-hydrogen) atoms. The summed E-state index contributed by atoms with van der Waals surface area (Å²) in [5.41, 5.74) is 5.40. The normalized spacial score (nSPS) is 21.8. The van der Waals surface area contributed by atoms with E-state index in [-0.39, 0.29) is 5.41 Å². The first kappa shape index (κ1) is 17.2. The number of allylic oxidation sites excluding steroid dienone is 4. The smallest absolute Gasteiger partial charge is 0.0776 e. The summed E-state index contributed by atoms with van der Waals surface area (Å²) in [6.45, 7) is 6.75. The monoisotopic (exact) mass is 359 g/mol. The van der Waals surface area contributed by atoms with Crippen LogP contribution >= 0.6 is 11.8 Å². The zero-order chi connectivity index (χ0) is 18.1. The van der Waals surface area contributed by atoms with E-state index < -0.39 is 0 Å². The summed E-state index contributed by atoms with van der Waals surface area (Å²) in [6.07, 6.45) is 8.98. The summed E-state index contributed by atoms with van der Waals surface area (Å²) in [7, 11) is 0. The van der Waals surface area contributed by atoms with Gasteiger partial charge in [-0.3, -0.25) is 0 Å². The third-order valence-corrected chi connectivity index (χ3v) is 6.29. The summed E-state index contributed by atoms with van der Waals surface area (Å²) in [6, 6.07) is 19.6. The predicted octanol–water partition coefficient (Wildman–Crippen LogP) is 6.62. The highest BCUT2D eigenvalue weighted by Gasteiger charge is 2.34. The molecule has 2 unspecified atom stereocenters. The minimum atomic E-state index is 0.180. The van der Waals surface area contributed by atoms with E-state index >= 15 is 0 Å². The van der Waals surface area contributed by atoms with Crippen LogP contribution in [0, 0.1) is 5.92 Å². The lowest BCUT2D eigenvalue weighted by Gasteiger charge is -2.19. The topological polar surface area (TPSA) is 12.0 Å². The van der Waals surface area contributed by atoms with Crippen molar-refractivity contribution in [1.29, 1.82) is 0 Å². The Balaban J connectivity index is 1.68. The molecule has 0 saturated heterocycles. The summed E-state index contributed by atoms with van der Waals surface area (Å²) in [4.78, 5) is 0. The average molecular weight is 360 g/mol. The number of nitrogens with one attached hydrogen (secondary N) is 1. The molecule has 1 aliphatic carbocycles. The molecule has 2 aromatic carbocycles. The average Bonchev–Trinajstić information content (AvgIpc) is 3.00. The number of benzene rings is 2. The van der Waals surface area contributed by atoms with Crippen LogP contribution in [0.4, 0.5) is 5.69 Å². The van der Waals surface area contributed by atoms with Crippen LogP contribution in [-0.4, -0.2) is 5.25 Å². The molecule has 0 spiro atoms. The summed E-state index contributed by atoms with van der Waals surface area (Å²) < 4.78 is 0. The molecule has 0 aromatic heterocycles. The fraction of sp³-hybridized carbons (Fsp3) is 0.250. The second-order valence-corrected chi connectivity index (χ2v) is 9.13. The van der Waals surface area contributed by atoms with E-state index in [1.807, 2.05) is 11.8 Å². The molecule has 0 radical (unpaired) electrons. The van der Waals surface area contributed by atoms with Gasteiger partial charge in [0.05, 0.1) is 5.03 Å². The lowest BCUT2D eigenvalue weighted by Crippen LogP contribution is -2.11. The van der Waals surface area contributed by atoms with Crippen molar-refractivity contribution in [3.63, 3.8) is 0 Å². The number of hydrogen-bond donors (Lipinski definition) is 1.